The summed E-state index contributed by atoms with van der Waals surface area (Å²) in [4.78, 5) is 23.4. The van der Waals surface area contributed by atoms with E-state index in [0.717, 1.165) is 35.6 Å². The zero-order chi connectivity index (χ0) is 23.2. The Kier molecular flexibility index (Phi) is 7.03. The molecule has 2 aromatic heterocycles. The average molecular weight is 443 g/mol. The number of nitrogens with zero attached hydrogens (tertiary/aromatic N) is 4. The van der Waals surface area contributed by atoms with Crippen molar-refractivity contribution in [2.75, 3.05) is 13.7 Å². The van der Waals surface area contributed by atoms with Crippen LogP contribution in [-0.2, 0) is 13.1 Å². The molecular weight excluding hydrogens is 412 g/mol. The van der Waals surface area contributed by atoms with Gasteiger partial charge >= 0.3 is 0 Å². The van der Waals surface area contributed by atoms with Gasteiger partial charge in [0.1, 0.15) is 17.3 Å². The topological polar surface area (TPSA) is 60.2 Å². The van der Waals surface area contributed by atoms with E-state index in [9.17, 15) is 4.79 Å². The molecule has 4 rings (SSSR count). The van der Waals surface area contributed by atoms with E-state index in [-0.39, 0.29) is 5.91 Å². The molecule has 170 valence electrons. The number of rotatable bonds is 9. The van der Waals surface area contributed by atoms with Crippen LogP contribution in [0.2, 0.25) is 0 Å². The average Bonchev–Trinajstić information content (AvgIpc) is 3.19. The smallest absolute Gasteiger partial charge is 0.272 e. The number of pyridine rings is 1. The van der Waals surface area contributed by atoms with Gasteiger partial charge in [0, 0.05) is 19.8 Å². The summed E-state index contributed by atoms with van der Waals surface area (Å²) in [6.07, 6.45) is 2.46. The van der Waals surface area contributed by atoms with Gasteiger partial charge in [0.2, 0.25) is 0 Å². The molecule has 0 fully saturated rings. The van der Waals surface area contributed by atoms with E-state index < -0.39 is 0 Å². The first-order chi connectivity index (χ1) is 16.0. The lowest BCUT2D eigenvalue weighted by molar-refractivity contribution is 0.0774. The number of carbonyl (C=O) groups excluding carboxylic acids is 1. The van der Waals surface area contributed by atoms with Crippen LogP contribution in [0.15, 0.2) is 72.9 Å². The summed E-state index contributed by atoms with van der Waals surface area (Å²) in [7, 11) is 1.78. The van der Waals surface area contributed by atoms with Gasteiger partial charge in [-0.25, -0.2) is 4.98 Å². The Morgan fingerprint density at radius 1 is 1.03 bits per heavy atom. The van der Waals surface area contributed by atoms with Crippen LogP contribution in [0.3, 0.4) is 0 Å². The van der Waals surface area contributed by atoms with Crippen molar-refractivity contribution >= 4 is 16.9 Å². The van der Waals surface area contributed by atoms with Crippen LogP contribution in [0.4, 0.5) is 0 Å². The van der Waals surface area contributed by atoms with Crippen molar-refractivity contribution in [1.29, 1.82) is 0 Å². The van der Waals surface area contributed by atoms with E-state index in [1.54, 1.807) is 30.3 Å². The van der Waals surface area contributed by atoms with E-state index in [4.69, 9.17) is 9.72 Å². The van der Waals surface area contributed by atoms with E-state index in [1.165, 1.54) is 5.56 Å². The number of benzene rings is 2. The van der Waals surface area contributed by atoms with Crippen molar-refractivity contribution in [2.24, 2.45) is 0 Å². The van der Waals surface area contributed by atoms with E-state index in [0.29, 0.717) is 24.8 Å². The fraction of sp³-hybridized carbons (Fsp3) is 0.296. The number of hydrogen-bond acceptors (Lipinski definition) is 4. The minimum absolute atomic E-state index is 0.123. The molecule has 0 bridgehead atoms. The highest BCUT2D eigenvalue weighted by Gasteiger charge is 2.17. The second kappa shape index (κ2) is 10.3. The number of aryl methyl sites for hydroxylation is 1. The lowest BCUT2D eigenvalue weighted by Crippen LogP contribution is -2.28. The van der Waals surface area contributed by atoms with Crippen molar-refractivity contribution in [1.82, 2.24) is 19.4 Å². The maximum Gasteiger partial charge on any atom is 0.272 e. The highest BCUT2D eigenvalue weighted by atomic mass is 16.5. The SMILES string of the molecule is CC(C)c1ccc(OCCCn2c(CN(C)C(=O)c3ccccn3)nc3ccccc32)cc1. The molecule has 0 unspecified atom stereocenters. The number of carbonyl (C=O) groups is 1. The first kappa shape index (κ1) is 22.5. The van der Waals surface area contributed by atoms with Gasteiger partial charge < -0.3 is 14.2 Å². The van der Waals surface area contributed by atoms with Crippen LogP contribution in [-0.4, -0.2) is 39.0 Å². The number of aromatic nitrogens is 3. The molecule has 0 aliphatic rings. The first-order valence-corrected chi connectivity index (χ1v) is 11.4. The van der Waals surface area contributed by atoms with E-state index in [1.807, 2.05) is 36.4 Å². The minimum atomic E-state index is -0.123. The van der Waals surface area contributed by atoms with Crippen LogP contribution >= 0.6 is 0 Å². The maximum atomic E-state index is 12.8. The summed E-state index contributed by atoms with van der Waals surface area (Å²) in [6.45, 7) is 6.14. The second-order valence-electron chi connectivity index (χ2n) is 8.47. The highest BCUT2D eigenvalue weighted by Crippen LogP contribution is 2.20. The largest absolute Gasteiger partial charge is 0.494 e. The molecular formula is C27H30N4O2. The third-order valence-corrected chi connectivity index (χ3v) is 5.68. The molecule has 0 saturated carbocycles. The molecule has 0 N–H and O–H groups in total. The van der Waals surface area contributed by atoms with Gasteiger partial charge in [-0.1, -0.05) is 44.2 Å². The third kappa shape index (κ3) is 5.40. The maximum absolute atomic E-state index is 12.8. The molecule has 6 nitrogen and oxygen atoms in total. The van der Waals surface area contributed by atoms with Gasteiger partial charge in [-0.15, -0.1) is 0 Å². The Labute approximate surface area is 194 Å². The molecule has 0 aliphatic heterocycles. The number of ether oxygens (including phenoxy) is 1. The van der Waals surface area contributed by atoms with Crippen molar-refractivity contribution in [3.63, 3.8) is 0 Å². The number of fused-ring (bicyclic) bond motifs is 1. The Balaban J connectivity index is 1.43. The number of hydrogen-bond donors (Lipinski definition) is 0. The summed E-state index contributed by atoms with van der Waals surface area (Å²) in [5.41, 5.74) is 3.73. The molecule has 0 aliphatic carbocycles. The standard InChI is InChI=1S/C27H30N4O2/c1-20(2)21-12-14-22(15-13-21)33-18-8-17-31-25-11-5-4-9-23(25)29-26(31)19-30(3)27(32)24-10-6-7-16-28-24/h4-7,9-16,20H,8,17-19H2,1-3H3. The predicted octanol–water partition coefficient (Wildman–Crippen LogP) is 5.30. The number of imidazole rings is 1. The van der Waals surface area contributed by atoms with Crippen LogP contribution < -0.4 is 4.74 Å². The van der Waals surface area contributed by atoms with Crippen LogP contribution in [0, 0.1) is 0 Å². The lowest BCUT2D eigenvalue weighted by Gasteiger charge is -2.18. The van der Waals surface area contributed by atoms with Gasteiger partial charge in [0.15, 0.2) is 0 Å². The van der Waals surface area contributed by atoms with Gasteiger partial charge in [0.25, 0.3) is 5.91 Å². The molecule has 0 radical (unpaired) electrons. The quantitative estimate of drug-likeness (QED) is 0.330. The zero-order valence-electron chi connectivity index (χ0n) is 19.4. The summed E-state index contributed by atoms with van der Waals surface area (Å²) >= 11 is 0. The first-order valence-electron chi connectivity index (χ1n) is 11.4. The molecule has 0 saturated heterocycles. The summed E-state index contributed by atoms with van der Waals surface area (Å²) < 4.78 is 8.14. The third-order valence-electron chi connectivity index (χ3n) is 5.68. The molecule has 1 amide bonds. The molecule has 0 spiro atoms. The Bertz CT molecular complexity index is 1200. The van der Waals surface area contributed by atoms with E-state index in [2.05, 4.69) is 41.6 Å². The minimum Gasteiger partial charge on any atom is -0.494 e. The Hall–Kier alpha value is -3.67. The summed E-state index contributed by atoms with van der Waals surface area (Å²) in [5.74, 6) is 2.12. The summed E-state index contributed by atoms with van der Waals surface area (Å²) in [5, 5.41) is 0. The van der Waals surface area contributed by atoms with Crippen molar-refractivity contribution < 1.29 is 9.53 Å². The van der Waals surface area contributed by atoms with Crippen LogP contribution in [0.25, 0.3) is 11.0 Å². The van der Waals surface area contributed by atoms with E-state index >= 15 is 0 Å². The molecule has 2 heterocycles. The Morgan fingerprint density at radius 3 is 2.52 bits per heavy atom. The highest BCUT2D eigenvalue weighted by molar-refractivity contribution is 5.92. The molecule has 4 aromatic rings. The van der Waals surface area contributed by atoms with Crippen LogP contribution in [0.1, 0.15) is 48.1 Å². The van der Waals surface area contributed by atoms with Crippen molar-refractivity contribution in [3.05, 3.63) is 90.0 Å². The lowest BCUT2D eigenvalue weighted by atomic mass is 10.0. The molecule has 2 aromatic carbocycles. The molecule has 0 atom stereocenters. The second-order valence-corrected chi connectivity index (χ2v) is 8.47. The number of para-hydroxylation sites is 2. The van der Waals surface area contributed by atoms with Crippen molar-refractivity contribution in [2.45, 2.75) is 39.3 Å². The Morgan fingerprint density at radius 2 is 1.79 bits per heavy atom. The summed E-state index contributed by atoms with van der Waals surface area (Å²) in [6, 6.07) is 21.7. The van der Waals surface area contributed by atoms with Gasteiger partial charge in [-0.3, -0.25) is 9.78 Å². The van der Waals surface area contributed by atoms with Gasteiger partial charge in [-0.2, -0.15) is 0 Å². The number of amides is 1. The monoisotopic (exact) mass is 442 g/mol. The normalized spacial score (nSPS) is 11.2. The van der Waals surface area contributed by atoms with Crippen molar-refractivity contribution in [3.8, 4) is 5.75 Å². The zero-order valence-corrected chi connectivity index (χ0v) is 19.4. The molecule has 33 heavy (non-hydrogen) atoms. The van der Waals surface area contributed by atoms with Gasteiger partial charge in [0.05, 0.1) is 24.2 Å². The predicted molar refractivity (Wildman–Crippen MR) is 130 cm³/mol. The van der Waals surface area contributed by atoms with Gasteiger partial charge in [-0.05, 0) is 54.3 Å². The fourth-order valence-electron chi connectivity index (χ4n) is 3.83. The van der Waals surface area contributed by atoms with Crippen LogP contribution in [0.5, 0.6) is 5.75 Å². The molecule has 6 heteroatoms. The fourth-order valence-corrected chi connectivity index (χ4v) is 3.83.